The number of aromatic nitrogens is 1. The Morgan fingerprint density at radius 1 is 1.12 bits per heavy atom. The third-order valence-corrected chi connectivity index (χ3v) is 4.04. The molecule has 86 valence electrons. The van der Waals surface area contributed by atoms with Crippen LogP contribution >= 0.6 is 0 Å². The van der Waals surface area contributed by atoms with Gasteiger partial charge >= 0.3 is 0 Å². The van der Waals surface area contributed by atoms with E-state index in [1.165, 1.54) is 36.6 Å². The Hall–Kier alpha value is -1.57. The predicted octanol–water partition coefficient (Wildman–Crippen LogP) is 3.37. The second-order valence-electron chi connectivity index (χ2n) is 5.32. The quantitative estimate of drug-likeness (QED) is 0.803. The maximum absolute atomic E-state index is 4.77. The lowest BCUT2D eigenvalue weighted by molar-refractivity contribution is 0.566. The van der Waals surface area contributed by atoms with E-state index in [9.17, 15) is 0 Å². The van der Waals surface area contributed by atoms with Crippen molar-refractivity contribution in [3.8, 4) is 0 Å². The van der Waals surface area contributed by atoms with Gasteiger partial charge in [0.2, 0.25) is 0 Å². The molecule has 17 heavy (non-hydrogen) atoms. The highest BCUT2D eigenvalue weighted by Gasteiger charge is 2.33. The first kappa shape index (κ1) is 9.46. The van der Waals surface area contributed by atoms with Crippen LogP contribution in [0.15, 0.2) is 30.3 Å². The van der Waals surface area contributed by atoms with E-state index in [0.717, 1.165) is 17.3 Å². The number of anilines is 1. The molecule has 2 nitrogen and oxygen atoms in total. The SMILES string of the molecule is c1ccc2nc3c(cc2c1)CC[C@@H](C1CC1)N3. The Balaban J connectivity index is 1.78. The second-order valence-corrected chi connectivity index (χ2v) is 5.32. The first-order chi connectivity index (χ1) is 8.40. The molecule has 1 aromatic heterocycles. The van der Waals surface area contributed by atoms with Crippen molar-refractivity contribution in [1.29, 1.82) is 0 Å². The fraction of sp³-hybridized carbons (Fsp3) is 0.400. The van der Waals surface area contributed by atoms with Crippen LogP contribution in [0, 0.1) is 5.92 Å². The number of hydrogen-bond donors (Lipinski definition) is 1. The molecule has 2 heterocycles. The summed E-state index contributed by atoms with van der Waals surface area (Å²) < 4.78 is 0. The molecule has 1 saturated carbocycles. The molecule has 1 atom stereocenters. The minimum Gasteiger partial charge on any atom is -0.367 e. The molecule has 0 amide bonds. The van der Waals surface area contributed by atoms with E-state index in [2.05, 4.69) is 35.6 Å². The van der Waals surface area contributed by atoms with Gasteiger partial charge in [-0.3, -0.25) is 0 Å². The molecular weight excluding hydrogens is 208 g/mol. The van der Waals surface area contributed by atoms with Crippen LogP contribution < -0.4 is 5.32 Å². The number of nitrogens with one attached hydrogen (secondary N) is 1. The number of benzene rings is 1. The number of fused-ring (bicyclic) bond motifs is 2. The summed E-state index contributed by atoms with van der Waals surface area (Å²) >= 11 is 0. The summed E-state index contributed by atoms with van der Waals surface area (Å²) in [5.74, 6) is 2.04. The molecule has 2 heteroatoms. The van der Waals surface area contributed by atoms with E-state index >= 15 is 0 Å². The molecular formula is C15H16N2. The summed E-state index contributed by atoms with van der Waals surface area (Å²) in [6.45, 7) is 0. The molecule has 1 fully saturated rings. The second kappa shape index (κ2) is 3.46. The Bertz CT molecular complexity index is 572. The highest BCUT2D eigenvalue weighted by atomic mass is 15.0. The summed E-state index contributed by atoms with van der Waals surface area (Å²) in [5, 5.41) is 4.90. The monoisotopic (exact) mass is 224 g/mol. The topological polar surface area (TPSA) is 24.9 Å². The van der Waals surface area contributed by atoms with Crippen LogP contribution in [-0.4, -0.2) is 11.0 Å². The van der Waals surface area contributed by atoms with Crippen molar-refractivity contribution in [1.82, 2.24) is 4.98 Å². The molecule has 1 aliphatic heterocycles. The summed E-state index contributed by atoms with van der Waals surface area (Å²) in [7, 11) is 0. The van der Waals surface area contributed by atoms with Gasteiger partial charge in [-0.2, -0.15) is 0 Å². The third kappa shape index (κ3) is 1.59. The zero-order valence-electron chi connectivity index (χ0n) is 9.82. The molecule has 0 radical (unpaired) electrons. The Morgan fingerprint density at radius 3 is 2.88 bits per heavy atom. The van der Waals surface area contributed by atoms with Crippen LogP contribution in [0.5, 0.6) is 0 Å². The van der Waals surface area contributed by atoms with E-state index < -0.39 is 0 Å². The number of nitrogens with zero attached hydrogens (tertiary/aromatic N) is 1. The lowest BCUT2D eigenvalue weighted by atomic mass is 9.97. The fourth-order valence-electron chi connectivity index (χ4n) is 2.89. The van der Waals surface area contributed by atoms with E-state index in [4.69, 9.17) is 4.98 Å². The normalized spacial score (nSPS) is 23.2. The largest absolute Gasteiger partial charge is 0.367 e. The number of hydrogen-bond acceptors (Lipinski definition) is 2. The van der Waals surface area contributed by atoms with Gasteiger partial charge in [0, 0.05) is 11.4 Å². The molecule has 0 saturated heterocycles. The van der Waals surface area contributed by atoms with Gasteiger partial charge in [0.25, 0.3) is 0 Å². The summed E-state index contributed by atoms with van der Waals surface area (Å²) in [6, 6.07) is 11.4. The van der Waals surface area contributed by atoms with Gasteiger partial charge in [0.05, 0.1) is 5.52 Å². The fourth-order valence-corrected chi connectivity index (χ4v) is 2.89. The highest BCUT2D eigenvalue weighted by Crippen LogP contribution is 2.39. The van der Waals surface area contributed by atoms with Gasteiger partial charge in [0.15, 0.2) is 0 Å². The zero-order chi connectivity index (χ0) is 11.2. The van der Waals surface area contributed by atoms with E-state index in [-0.39, 0.29) is 0 Å². The maximum atomic E-state index is 4.77. The molecule has 1 N–H and O–H groups in total. The van der Waals surface area contributed by atoms with Crippen molar-refractivity contribution in [2.75, 3.05) is 5.32 Å². The van der Waals surface area contributed by atoms with Gasteiger partial charge in [-0.05, 0) is 49.3 Å². The molecule has 0 bridgehead atoms. The predicted molar refractivity (Wildman–Crippen MR) is 70.2 cm³/mol. The van der Waals surface area contributed by atoms with Crippen LogP contribution in [0.2, 0.25) is 0 Å². The lowest BCUT2D eigenvalue weighted by Crippen LogP contribution is -2.28. The van der Waals surface area contributed by atoms with Gasteiger partial charge in [-0.1, -0.05) is 18.2 Å². The highest BCUT2D eigenvalue weighted by molar-refractivity contribution is 5.81. The van der Waals surface area contributed by atoms with E-state index in [1.54, 1.807) is 0 Å². The first-order valence-electron chi connectivity index (χ1n) is 6.55. The minimum absolute atomic E-state index is 0.677. The Kier molecular flexibility index (Phi) is 1.92. The van der Waals surface area contributed by atoms with Gasteiger partial charge < -0.3 is 5.32 Å². The molecule has 0 spiro atoms. The molecule has 1 aliphatic carbocycles. The van der Waals surface area contributed by atoms with Gasteiger partial charge in [-0.15, -0.1) is 0 Å². The number of pyridine rings is 1. The van der Waals surface area contributed by atoms with E-state index in [0.29, 0.717) is 6.04 Å². The molecule has 1 aromatic carbocycles. The summed E-state index contributed by atoms with van der Waals surface area (Å²) in [6.07, 6.45) is 5.26. The zero-order valence-corrected chi connectivity index (χ0v) is 9.82. The average molecular weight is 224 g/mol. The maximum Gasteiger partial charge on any atom is 0.130 e. The summed E-state index contributed by atoms with van der Waals surface area (Å²) in [4.78, 5) is 4.77. The number of para-hydroxylation sites is 1. The smallest absolute Gasteiger partial charge is 0.130 e. The molecule has 2 aliphatic rings. The molecule has 0 unspecified atom stereocenters. The first-order valence-corrected chi connectivity index (χ1v) is 6.55. The van der Waals surface area contributed by atoms with Crippen molar-refractivity contribution in [3.05, 3.63) is 35.9 Å². The van der Waals surface area contributed by atoms with Crippen LogP contribution in [0.4, 0.5) is 5.82 Å². The number of aryl methyl sites for hydroxylation is 1. The summed E-state index contributed by atoms with van der Waals surface area (Å²) in [5.41, 5.74) is 2.50. The standard InChI is InChI=1S/C15H16N2/c1-2-4-13-11(3-1)9-12-7-8-14(10-5-6-10)17-15(12)16-13/h1-4,9-10,14H,5-8H2,(H,16,17)/t14-/m0/s1. The van der Waals surface area contributed by atoms with Crippen LogP contribution in [-0.2, 0) is 6.42 Å². The Morgan fingerprint density at radius 2 is 2.00 bits per heavy atom. The van der Waals surface area contributed by atoms with Crippen molar-refractivity contribution < 1.29 is 0 Å². The molecule has 4 rings (SSSR count). The lowest BCUT2D eigenvalue weighted by Gasteiger charge is -2.26. The van der Waals surface area contributed by atoms with E-state index in [1.807, 2.05) is 0 Å². The molecule has 2 aromatic rings. The third-order valence-electron chi connectivity index (χ3n) is 4.04. The number of rotatable bonds is 1. The van der Waals surface area contributed by atoms with Crippen molar-refractivity contribution >= 4 is 16.7 Å². The van der Waals surface area contributed by atoms with Gasteiger partial charge in [-0.25, -0.2) is 4.98 Å². The Labute approximate surface area is 101 Å². The van der Waals surface area contributed by atoms with Crippen LogP contribution in [0.25, 0.3) is 10.9 Å². The average Bonchev–Trinajstić information content (AvgIpc) is 3.20. The van der Waals surface area contributed by atoms with Crippen molar-refractivity contribution in [2.24, 2.45) is 5.92 Å². The van der Waals surface area contributed by atoms with Gasteiger partial charge in [0.1, 0.15) is 5.82 Å². The van der Waals surface area contributed by atoms with Crippen molar-refractivity contribution in [3.63, 3.8) is 0 Å². The van der Waals surface area contributed by atoms with Crippen LogP contribution in [0.1, 0.15) is 24.8 Å². The van der Waals surface area contributed by atoms with Crippen LogP contribution in [0.3, 0.4) is 0 Å². The minimum atomic E-state index is 0.677. The van der Waals surface area contributed by atoms with Crippen molar-refractivity contribution in [2.45, 2.75) is 31.7 Å².